The molecule has 5 rings (SSSR count). The minimum absolute atomic E-state index is 0.248. The molecule has 3 heterocycles. The Morgan fingerprint density at radius 3 is 2.68 bits per heavy atom. The number of aromatic nitrogens is 1. The van der Waals surface area contributed by atoms with Crippen LogP contribution in [0.25, 0.3) is 21.0 Å². The summed E-state index contributed by atoms with van der Waals surface area (Å²) in [6.07, 6.45) is 6.33. The predicted molar refractivity (Wildman–Crippen MR) is 144 cm³/mol. The molecule has 1 fully saturated rings. The average Bonchev–Trinajstić information content (AvgIpc) is 3.43. The molecule has 178 valence electrons. The second kappa shape index (κ2) is 9.80. The maximum absolute atomic E-state index is 12.6. The van der Waals surface area contributed by atoms with Crippen LogP contribution >= 0.6 is 11.3 Å². The summed E-state index contributed by atoms with van der Waals surface area (Å²) >= 11 is 1.56. The first-order valence-electron chi connectivity index (χ1n) is 12.4. The maximum atomic E-state index is 12.6. The Morgan fingerprint density at radius 2 is 1.91 bits per heavy atom. The third-order valence-corrected chi connectivity index (χ3v) is 8.46. The Hall–Kier alpha value is -2.83. The summed E-state index contributed by atoms with van der Waals surface area (Å²) in [7, 11) is 2.18. The van der Waals surface area contributed by atoms with E-state index in [1.165, 1.54) is 22.0 Å². The summed E-state index contributed by atoms with van der Waals surface area (Å²) in [4.78, 5) is 21.6. The third kappa shape index (κ3) is 4.44. The minimum atomic E-state index is -0.308. The molecule has 1 atom stereocenters. The van der Waals surface area contributed by atoms with Crippen LogP contribution in [-0.4, -0.2) is 49.0 Å². The quantitative estimate of drug-likeness (QED) is 0.342. The number of hydrogen-bond donors (Lipinski definition) is 2. The molecule has 1 amide bonds. The minimum Gasteiger partial charge on any atom is -0.369 e. The Kier molecular flexibility index (Phi) is 6.61. The molecule has 0 saturated carbocycles. The number of hydrogen-bond acceptors (Lipinski definition) is 4. The van der Waals surface area contributed by atoms with Gasteiger partial charge in [0.05, 0.1) is 4.88 Å². The number of thiophene rings is 1. The second-order valence-corrected chi connectivity index (χ2v) is 10.6. The van der Waals surface area contributed by atoms with E-state index in [2.05, 4.69) is 77.4 Å². The number of para-hydroxylation sites is 1. The lowest BCUT2D eigenvalue weighted by Crippen LogP contribution is -2.44. The standard InChI is InChI=1S/C28H34N4OS/c1-3-4-7-19(16-20-18-30-24-9-6-5-8-22(20)24)26-23-17-21(32-14-12-31(2)13-15-32)10-11-25(23)34-27(26)28(29)33/h5-6,8-11,17-19,30H,3-4,7,12-16H2,1-2H3,(H2,29,33). The second-order valence-electron chi connectivity index (χ2n) is 9.58. The smallest absolute Gasteiger partial charge is 0.259 e. The lowest BCUT2D eigenvalue weighted by Gasteiger charge is -2.34. The molecule has 5 nitrogen and oxygen atoms in total. The van der Waals surface area contributed by atoms with Crippen molar-refractivity contribution in [2.24, 2.45) is 5.73 Å². The number of carbonyl (C=O) groups is 1. The molecular formula is C28H34N4OS. The molecule has 0 radical (unpaired) electrons. The average molecular weight is 475 g/mol. The molecule has 3 N–H and O–H groups in total. The van der Waals surface area contributed by atoms with E-state index in [1.54, 1.807) is 11.3 Å². The number of primary amides is 1. The van der Waals surface area contributed by atoms with Crippen molar-refractivity contribution in [3.63, 3.8) is 0 Å². The zero-order valence-electron chi connectivity index (χ0n) is 20.1. The van der Waals surface area contributed by atoms with Crippen molar-refractivity contribution in [2.45, 2.75) is 38.5 Å². The summed E-state index contributed by atoms with van der Waals surface area (Å²) in [5.74, 6) is -0.0593. The van der Waals surface area contributed by atoms with Gasteiger partial charge in [-0.1, -0.05) is 38.0 Å². The molecule has 2 aromatic carbocycles. The van der Waals surface area contributed by atoms with E-state index < -0.39 is 0 Å². The van der Waals surface area contributed by atoms with Gasteiger partial charge in [0.2, 0.25) is 0 Å². The SMILES string of the molecule is CCCCC(Cc1c[nH]c2ccccc12)c1c(C(N)=O)sc2ccc(N3CCN(C)CC3)cc12. The lowest BCUT2D eigenvalue weighted by atomic mass is 9.85. The van der Waals surface area contributed by atoms with Crippen LogP contribution in [0.1, 0.15) is 52.9 Å². The number of amides is 1. The summed E-state index contributed by atoms with van der Waals surface area (Å²) in [5.41, 5.74) is 10.8. The molecule has 1 aliphatic heterocycles. The number of benzene rings is 2. The first-order valence-corrected chi connectivity index (χ1v) is 13.2. The topological polar surface area (TPSA) is 65.4 Å². The van der Waals surface area contributed by atoms with Gasteiger partial charge in [-0.3, -0.25) is 4.79 Å². The molecule has 1 unspecified atom stereocenters. The van der Waals surface area contributed by atoms with Gasteiger partial charge < -0.3 is 20.5 Å². The fourth-order valence-corrected chi connectivity index (χ4v) is 6.44. The number of fused-ring (bicyclic) bond motifs is 2. The van der Waals surface area contributed by atoms with Crippen LogP contribution in [-0.2, 0) is 6.42 Å². The highest BCUT2D eigenvalue weighted by atomic mass is 32.1. The Bertz CT molecular complexity index is 1300. The van der Waals surface area contributed by atoms with Gasteiger partial charge in [0.25, 0.3) is 5.91 Å². The van der Waals surface area contributed by atoms with Gasteiger partial charge in [0, 0.05) is 53.7 Å². The normalized spacial score (nSPS) is 15.9. The summed E-state index contributed by atoms with van der Waals surface area (Å²) < 4.78 is 1.15. The highest BCUT2D eigenvalue weighted by molar-refractivity contribution is 7.21. The van der Waals surface area contributed by atoms with E-state index in [4.69, 9.17) is 5.73 Å². The molecule has 2 aromatic heterocycles. The van der Waals surface area contributed by atoms with Crippen molar-refractivity contribution in [3.05, 3.63) is 64.7 Å². The molecule has 6 heteroatoms. The van der Waals surface area contributed by atoms with Gasteiger partial charge in [0.1, 0.15) is 0 Å². The van der Waals surface area contributed by atoms with E-state index in [0.717, 1.165) is 72.5 Å². The third-order valence-electron chi connectivity index (χ3n) is 7.26. The molecule has 0 aliphatic carbocycles. The molecule has 1 aliphatic rings. The number of unbranched alkanes of at least 4 members (excludes halogenated alkanes) is 1. The number of carbonyl (C=O) groups excluding carboxylic acids is 1. The number of piperazine rings is 1. The van der Waals surface area contributed by atoms with Gasteiger partial charge in [-0.05, 0) is 66.6 Å². The molecule has 0 spiro atoms. The largest absolute Gasteiger partial charge is 0.369 e. The van der Waals surface area contributed by atoms with Crippen molar-refractivity contribution in [1.82, 2.24) is 9.88 Å². The van der Waals surface area contributed by atoms with E-state index >= 15 is 0 Å². The van der Waals surface area contributed by atoms with E-state index in [-0.39, 0.29) is 11.8 Å². The molecule has 4 aromatic rings. The highest BCUT2D eigenvalue weighted by Gasteiger charge is 2.26. The lowest BCUT2D eigenvalue weighted by molar-refractivity contribution is 0.100. The van der Waals surface area contributed by atoms with Crippen molar-refractivity contribution < 1.29 is 4.79 Å². The van der Waals surface area contributed by atoms with Gasteiger partial charge in [-0.15, -0.1) is 11.3 Å². The van der Waals surface area contributed by atoms with E-state index in [0.29, 0.717) is 0 Å². The Morgan fingerprint density at radius 1 is 1.12 bits per heavy atom. The number of rotatable bonds is 8. The molecule has 34 heavy (non-hydrogen) atoms. The number of aromatic amines is 1. The fraction of sp³-hybridized carbons (Fsp3) is 0.393. The Labute approximate surface area is 205 Å². The molecule has 0 bridgehead atoms. The van der Waals surface area contributed by atoms with Crippen LogP contribution in [0.3, 0.4) is 0 Å². The predicted octanol–water partition coefficient (Wildman–Crippen LogP) is 5.75. The highest BCUT2D eigenvalue weighted by Crippen LogP contribution is 2.42. The monoisotopic (exact) mass is 474 g/mol. The summed E-state index contributed by atoms with van der Waals surface area (Å²) in [6, 6.07) is 15.2. The first kappa shape index (κ1) is 22.9. The zero-order chi connectivity index (χ0) is 23.7. The van der Waals surface area contributed by atoms with Gasteiger partial charge >= 0.3 is 0 Å². The molecule has 1 saturated heterocycles. The Balaban J connectivity index is 1.58. The number of H-pyrrole nitrogens is 1. The van der Waals surface area contributed by atoms with Gasteiger partial charge in [-0.25, -0.2) is 0 Å². The van der Waals surface area contributed by atoms with E-state index in [1.807, 2.05) is 0 Å². The van der Waals surface area contributed by atoms with Crippen molar-refractivity contribution in [3.8, 4) is 0 Å². The zero-order valence-corrected chi connectivity index (χ0v) is 21.0. The van der Waals surface area contributed by atoms with Crippen molar-refractivity contribution in [1.29, 1.82) is 0 Å². The van der Waals surface area contributed by atoms with Crippen molar-refractivity contribution >= 4 is 43.9 Å². The van der Waals surface area contributed by atoms with Crippen LogP contribution in [0, 0.1) is 0 Å². The van der Waals surface area contributed by atoms with Crippen LogP contribution in [0.15, 0.2) is 48.7 Å². The van der Waals surface area contributed by atoms with Crippen LogP contribution in [0.2, 0.25) is 0 Å². The van der Waals surface area contributed by atoms with Gasteiger partial charge in [-0.2, -0.15) is 0 Å². The van der Waals surface area contributed by atoms with Crippen LogP contribution in [0.5, 0.6) is 0 Å². The van der Waals surface area contributed by atoms with Crippen molar-refractivity contribution in [2.75, 3.05) is 38.1 Å². The first-order chi connectivity index (χ1) is 16.5. The number of anilines is 1. The number of nitrogens with one attached hydrogen (secondary N) is 1. The fourth-order valence-electron chi connectivity index (χ4n) is 5.32. The maximum Gasteiger partial charge on any atom is 0.259 e. The van der Waals surface area contributed by atoms with Gasteiger partial charge in [0.15, 0.2) is 0 Å². The van der Waals surface area contributed by atoms with Crippen LogP contribution in [0.4, 0.5) is 5.69 Å². The number of likely N-dealkylation sites (N-methyl/N-ethyl adjacent to an activating group) is 1. The summed E-state index contributed by atoms with van der Waals surface area (Å²) in [5, 5.41) is 2.47. The summed E-state index contributed by atoms with van der Waals surface area (Å²) in [6.45, 7) is 6.42. The molecular weight excluding hydrogens is 440 g/mol. The van der Waals surface area contributed by atoms with Crippen LogP contribution < -0.4 is 10.6 Å². The van der Waals surface area contributed by atoms with E-state index in [9.17, 15) is 4.79 Å². The number of nitrogens with zero attached hydrogens (tertiary/aromatic N) is 2. The number of nitrogens with two attached hydrogens (primary N) is 1.